The number of hydrogen-bond acceptors (Lipinski definition) is 5. The van der Waals surface area contributed by atoms with Crippen molar-refractivity contribution < 1.29 is 4.74 Å². The number of fused-ring (bicyclic) bond motifs is 1. The van der Waals surface area contributed by atoms with E-state index >= 15 is 0 Å². The van der Waals surface area contributed by atoms with Gasteiger partial charge in [0, 0.05) is 16.6 Å². The molecule has 0 fully saturated rings. The maximum Gasteiger partial charge on any atom is 0.180 e. The van der Waals surface area contributed by atoms with Crippen molar-refractivity contribution in [1.29, 1.82) is 0 Å². The molecule has 3 aromatic rings. The molecule has 3 rings (SSSR count). The monoisotopic (exact) mass is 280 g/mol. The lowest BCUT2D eigenvalue weighted by Gasteiger charge is -2.10. The normalized spacial score (nSPS) is 10.8. The third-order valence-corrected chi connectivity index (χ3v) is 3.44. The topological polar surface area (TPSA) is 73.9 Å². The van der Waals surface area contributed by atoms with Crippen molar-refractivity contribution in [2.24, 2.45) is 0 Å². The zero-order valence-electron chi connectivity index (χ0n) is 12.2. The van der Waals surface area contributed by atoms with E-state index in [-0.39, 0.29) is 0 Å². The van der Waals surface area contributed by atoms with Crippen LogP contribution in [0.3, 0.4) is 0 Å². The Kier molecular flexibility index (Phi) is 3.17. The van der Waals surface area contributed by atoms with Crippen LogP contribution in [0, 0.1) is 13.8 Å². The highest BCUT2D eigenvalue weighted by molar-refractivity contribution is 5.92. The molecule has 2 aromatic heterocycles. The van der Waals surface area contributed by atoms with E-state index in [0.717, 1.165) is 27.9 Å². The maximum atomic E-state index is 6.07. The number of rotatable bonds is 2. The Morgan fingerprint density at radius 3 is 2.52 bits per heavy atom. The molecule has 0 radical (unpaired) electrons. The number of methoxy groups -OCH3 is 1. The Labute approximate surface area is 122 Å². The van der Waals surface area contributed by atoms with Gasteiger partial charge >= 0.3 is 0 Å². The smallest absolute Gasteiger partial charge is 0.180 e. The van der Waals surface area contributed by atoms with Crippen LogP contribution < -0.4 is 10.5 Å². The average Bonchev–Trinajstić information content (AvgIpc) is 2.48. The summed E-state index contributed by atoms with van der Waals surface area (Å²) in [6.07, 6.45) is 0. The summed E-state index contributed by atoms with van der Waals surface area (Å²) in [5.74, 6) is 1.76. The summed E-state index contributed by atoms with van der Waals surface area (Å²) in [7, 11) is 1.64. The van der Waals surface area contributed by atoms with Gasteiger partial charge in [-0.3, -0.25) is 0 Å². The van der Waals surface area contributed by atoms with E-state index in [1.54, 1.807) is 7.11 Å². The molecule has 2 heterocycles. The molecule has 5 heteroatoms. The fourth-order valence-corrected chi connectivity index (χ4v) is 2.34. The van der Waals surface area contributed by atoms with Gasteiger partial charge in [-0.25, -0.2) is 15.0 Å². The van der Waals surface area contributed by atoms with Gasteiger partial charge in [0.2, 0.25) is 0 Å². The van der Waals surface area contributed by atoms with Crippen molar-refractivity contribution in [3.8, 4) is 17.3 Å². The van der Waals surface area contributed by atoms with Gasteiger partial charge in [-0.2, -0.15) is 0 Å². The molecule has 2 N–H and O–H groups in total. The van der Waals surface area contributed by atoms with Gasteiger partial charge in [0.05, 0.1) is 12.6 Å². The molecule has 1 aromatic carbocycles. The number of nitrogen functional groups attached to an aromatic ring is 1. The lowest BCUT2D eigenvalue weighted by Crippen LogP contribution is -2.01. The van der Waals surface area contributed by atoms with Crippen molar-refractivity contribution >= 4 is 16.7 Å². The van der Waals surface area contributed by atoms with E-state index in [2.05, 4.69) is 15.0 Å². The summed E-state index contributed by atoms with van der Waals surface area (Å²) >= 11 is 0. The third kappa shape index (κ3) is 2.27. The number of aryl methyl sites for hydroxylation is 2. The molecule has 0 saturated heterocycles. The predicted octanol–water partition coefficient (Wildman–Crippen LogP) is 2.90. The molecule has 0 spiro atoms. The number of benzene rings is 1. The highest BCUT2D eigenvalue weighted by atomic mass is 16.5. The van der Waals surface area contributed by atoms with Crippen LogP contribution in [0.25, 0.3) is 22.4 Å². The molecular weight excluding hydrogens is 264 g/mol. The van der Waals surface area contributed by atoms with Gasteiger partial charge in [-0.1, -0.05) is 6.07 Å². The van der Waals surface area contributed by atoms with E-state index in [1.807, 2.05) is 44.2 Å². The quantitative estimate of drug-likeness (QED) is 0.781. The number of nitrogens with zero attached hydrogens (tertiary/aromatic N) is 3. The molecule has 0 bridgehead atoms. The van der Waals surface area contributed by atoms with E-state index in [9.17, 15) is 0 Å². The lowest BCUT2D eigenvalue weighted by atomic mass is 10.1. The predicted molar refractivity (Wildman–Crippen MR) is 83.2 cm³/mol. The second kappa shape index (κ2) is 5.01. The first-order chi connectivity index (χ1) is 10.1. The molecule has 0 saturated carbocycles. The molecule has 0 amide bonds. The van der Waals surface area contributed by atoms with Crippen LogP contribution in [0.5, 0.6) is 5.75 Å². The molecular formula is C16H16N4O. The minimum absolute atomic E-state index is 0.448. The second-order valence-corrected chi connectivity index (χ2v) is 4.89. The van der Waals surface area contributed by atoms with Crippen LogP contribution in [0.4, 0.5) is 5.82 Å². The summed E-state index contributed by atoms with van der Waals surface area (Å²) in [4.78, 5) is 13.4. The highest BCUT2D eigenvalue weighted by Gasteiger charge is 2.12. The molecule has 0 aliphatic heterocycles. The Morgan fingerprint density at radius 1 is 1.00 bits per heavy atom. The summed E-state index contributed by atoms with van der Waals surface area (Å²) in [5, 5.41) is 0.824. The van der Waals surface area contributed by atoms with Crippen molar-refractivity contribution in [3.63, 3.8) is 0 Å². The number of anilines is 1. The van der Waals surface area contributed by atoms with Crippen LogP contribution >= 0.6 is 0 Å². The summed E-state index contributed by atoms with van der Waals surface area (Å²) in [6.45, 7) is 3.89. The standard InChI is InChI=1S/C16H16N4O/c1-9-5-4-6-12(18-9)16-19-14-10(2)13(21-3)8-7-11(14)15(17)20-16/h4-8H,1-3H3,(H2,17,19,20). The largest absolute Gasteiger partial charge is 0.496 e. The summed E-state index contributed by atoms with van der Waals surface area (Å²) in [5.41, 5.74) is 9.44. The van der Waals surface area contributed by atoms with Gasteiger partial charge in [0.15, 0.2) is 5.82 Å². The molecule has 0 aliphatic carbocycles. The van der Waals surface area contributed by atoms with Crippen LogP contribution in [-0.2, 0) is 0 Å². The fourth-order valence-electron chi connectivity index (χ4n) is 2.34. The molecule has 106 valence electrons. The number of hydrogen-bond donors (Lipinski definition) is 1. The Morgan fingerprint density at radius 2 is 1.81 bits per heavy atom. The summed E-state index contributed by atoms with van der Waals surface area (Å²) in [6, 6.07) is 9.50. The third-order valence-electron chi connectivity index (χ3n) is 3.44. The lowest BCUT2D eigenvalue weighted by molar-refractivity contribution is 0.412. The van der Waals surface area contributed by atoms with Crippen LogP contribution in [0.1, 0.15) is 11.3 Å². The number of aromatic nitrogens is 3. The molecule has 5 nitrogen and oxygen atoms in total. The Bertz CT molecular complexity index is 830. The van der Waals surface area contributed by atoms with Crippen molar-refractivity contribution in [2.45, 2.75) is 13.8 Å². The van der Waals surface area contributed by atoms with Gasteiger partial charge in [-0.05, 0) is 38.1 Å². The molecule has 0 aliphatic rings. The van der Waals surface area contributed by atoms with Crippen molar-refractivity contribution in [3.05, 3.63) is 41.6 Å². The Balaban J connectivity index is 2.29. The van der Waals surface area contributed by atoms with Gasteiger partial charge < -0.3 is 10.5 Å². The number of ether oxygens (including phenoxy) is 1. The van der Waals surface area contributed by atoms with E-state index < -0.39 is 0 Å². The van der Waals surface area contributed by atoms with Crippen molar-refractivity contribution in [1.82, 2.24) is 15.0 Å². The first kappa shape index (κ1) is 13.3. The molecule has 0 unspecified atom stereocenters. The minimum atomic E-state index is 0.448. The highest BCUT2D eigenvalue weighted by Crippen LogP contribution is 2.29. The van der Waals surface area contributed by atoms with Crippen LogP contribution in [0.15, 0.2) is 30.3 Å². The van der Waals surface area contributed by atoms with Gasteiger partial charge in [0.25, 0.3) is 0 Å². The summed E-state index contributed by atoms with van der Waals surface area (Å²) < 4.78 is 5.34. The minimum Gasteiger partial charge on any atom is -0.496 e. The van der Waals surface area contributed by atoms with Gasteiger partial charge in [0.1, 0.15) is 17.3 Å². The van der Waals surface area contributed by atoms with Crippen molar-refractivity contribution in [2.75, 3.05) is 12.8 Å². The fraction of sp³-hybridized carbons (Fsp3) is 0.188. The Hall–Kier alpha value is -2.69. The zero-order chi connectivity index (χ0) is 15.0. The first-order valence-corrected chi connectivity index (χ1v) is 6.65. The van der Waals surface area contributed by atoms with E-state index in [1.165, 1.54) is 0 Å². The van der Waals surface area contributed by atoms with Crippen LogP contribution in [0.2, 0.25) is 0 Å². The first-order valence-electron chi connectivity index (χ1n) is 6.65. The number of nitrogens with two attached hydrogens (primary N) is 1. The van der Waals surface area contributed by atoms with Crippen LogP contribution in [-0.4, -0.2) is 22.1 Å². The zero-order valence-corrected chi connectivity index (χ0v) is 12.2. The molecule has 0 atom stereocenters. The maximum absolute atomic E-state index is 6.07. The number of pyridine rings is 1. The molecule has 21 heavy (non-hydrogen) atoms. The van der Waals surface area contributed by atoms with Gasteiger partial charge in [-0.15, -0.1) is 0 Å². The second-order valence-electron chi connectivity index (χ2n) is 4.89. The van der Waals surface area contributed by atoms with E-state index in [4.69, 9.17) is 10.5 Å². The SMILES string of the molecule is COc1ccc2c(N)nc(-c3cccc(C)n3)nc2c1C. The average molecular weight is 280 g/mol. The van der Waals surface area contributed by atoms with E-state index in [0.29, 0.717) is 17.3 Å².